The van der Waals surface area contributed by atoms with Gasteiger partial charge in [0.25, 0.3) is 5.56 Å². The molecule has 1 aliphatic rings. The van der Waals surface area contributed by atoms with Crippen LogP contribution in [0.1, 0.15) is 23.4 Å². The molecule has 7 nitrogen and oxygen atoms in total. The molecule has 0 aliphatic carbocycles. The third-order valence-corrected chi connectivity index (χ3v) is 5.91. The molecule has 1 aliphatic heterocycles. The minimum absolute atomic E-state index is 0.0338. The Kier molecular flexibility index (Phi) is 5.29. The maximum absolute atomic E-state index is 12.9. The second kappa shape index (κ2) is 7.80. The second-order valence-electron chi connectivity index (χ2n) is 7.29. The lowest BCUT2D eigenvalue weighted by atomic mass is 10.1. The van der Waals surface area contributed by atoms with Gasteiger partial charge in [0, 0.05) is 19.5 Å². The van der Waals surface area contributed by atoms with Gasteiger partial charge in [-0.05, 0) is 36.1 Å². The van der Waals surface area contributed by atoms with Crippen molar-refractivity contribution in [3.8, 4) is 0 Å². The van der Waals surface area contributed by atoms with Crippen LogP contribution in [0.15, 0.2) is 40.5 Å². The number of alkyl halides is 3. The SMILES string of the molecule is Cc1nc2sccc2c(=O)n1NC(=O)C1CC(=O)N(Cc2cccc(C(F)(F)F)c2)C1. The molecule has 0 spiro atoms. The summed E-state index contributed by atoms with van der Waals surface area (Å²) in [5.74, 6) is -1.30. The number of rotatable bonds is 4. The number of benzene rings is 1. The fourth-order valence-electron chi connectivity index (χ4n) is 3.52. The van der Waals surface area contributed by atoms with E-state index >= 15 is 0 Å². The molecule has 0 saturated carbocycles. The highest BCUT2D eigenvalue weighted by Gasteiger charge is 2.35. The largest absolute Gasteiger partial charge is 0.416 e. The van der Waals surface area contributed by atoms with E-state index in [1.807, 2.05) is 0 Å². The van der Waals surface area contributed by atoms with E-state index < -0.39 is 29.1 Å². The first-order valence-electron chi connectivity index (χ1n) is 9.35. The van der Waals surface area contributed by atoms with Gasteiger partial charge in [0.2, 0.25) is 11.8 Å². The Labute approximate surface area is 178 Å². The highest BCUT2D eigenvalue weighted by atomic mass is 32.1. The number of nitrogens with zero attached hydrogens (tertiary/aromatic N) is 3. The summed E-state index contributed by atoms with van der Waals surface area (Å²) in [6, 6.07) is 6.36. The number of hydrogen-bond acceptors (Lipinski definition) is 5. The quantitative estimate of drug-likeness (QED) is 0.663. The third-order valence-electron chi connectivity index (χ3n) is 5.10. The molecule has 4 rings (SSSR count). The topological polar surface area (TPSA) is 84.3 Å². The van der Waals surface area contributed by atoms with Gasteiger partial charge in [-0.25, -0.2) is 9.66 Å². The number of likely N-dealkylation sites (tertiary alicyclic amines) is 1. The van der Waals surface area contributed by atoms with Crippen LogP contribution in [-0.2, 0) is 22.3 Å². The lowest BCUT2D eigenvalue weighted by molar-refractivity contribution is -0.137. The highest BCUT2D eigenvalue weighted by Crippen LogP contribution is 2.30. The van der Waals surface area contributed by atoms with E-state index in [9.17, 15) is 27.6 Å². The standard InChI is InChI=1S/C20H17F3N4O3S/c1-11-24-18-15(5-6-31-18)19(30)27(11)25-17(29)13-8-16(28)26(10-13)9-12-3-2-4-14(7-12)20(21,22)23/h2-7,13H,8-10H2,1H3,(H,25,29). The van der Waals surface area contributed by atoms with Crippen molar-refractivity contribution in [2.24, 2.45) is 5.92 Å². The molecular weight excluding hydrogens is 433 g/mol. The summed E-state index contributed by atoms with van der Waals surface area (Å²) >= 11 is 1.31. The predicted octanol–water partition coefficient (Wildman–Crippen LogP) is 2.90. The van der Waals surface area contributed by atoms with Gasteiger partial charge in [-0.2, -0.15) is 13.2 Å². The molecule has 31 heavy (non-hydrogen) atoms. The van der Waals surface area contributed by atoms with Crippen LogP contribution in [0.5, 0.6) is 0 Å². The van der Waals surface area contributed by atoms with Gasteiger partial charge in [0.05, 0.1) is 16.9 Å². The summed E-state index contributed by atoms with van der Waals surface area (Å²) in [6.07, 6.45) is -4.57. The molecule has 1 N–H and O–H groups in total. The Hall–Kier alpha value is -3.21. The normalized spacial score (nSPS) is 16.8. The van der Waals surface area contributed by atoms with Crippen molar-refractivity contribution in [3.05, 3.63) is 63.0 Å². The van der Waals surface area contributed by atoms with E-state index in [0.717, 1.165) is 16.8 Å². The average Bonchev–Trinajstić information content (AvgIpc) is 3.31. The van der Waals surface area contributed by atoms with E-state index in [1.54, 1.807) is 18.4 Å². The van der Waals surface area contributed by atoms with Gasteiger partial charge in [-0.15, -0.1) is 11.3 Å². The van der Waals surface area contributed by atoms with Gasteiger partial charge in [-0.3, -0.25) is 19.8 Å². The van der Waals surface area contributed by atoms with Crippen LogP contribution < -0.4 is 11.0 Å². The maximum atomic E-state index is 12.9. The molecule has 0 bridgehead atoms. The first-order valence-corrected chi connectivity index (χ1v) is 10.2. The van der Waals surface area contributed by atoms with E-state index in [1.165, 1.54) is 28.4 Å². The number of nitrogens with one attached hydrogen (secondary N) is 1. The number of aromatic nitrogens is 2. The molecular formula is C20H17F3N4O3S. The first-order chi connectivity index (χ1) is 14.6. The van der Waals surface area contributed by atoms with Gasteiger partial charge in [0.1, 0.15) is 10.7 Å². The summed E-state index contributed by atoms with van der Waals surface area (Å²) in [5, 5.41) is 2.11. The summed E-state index contributed by atoms with van der Waals surface area (Å²) in [7, 11) is 0. The van der Waals surface area contributed by atoms with E-state index in [2.05, 4.69) is 10.4 Å². The highest BCUT2D eigenvalue weighted by molar-refractivity contribution is 7.16. The third kappa shape index (κ3) is 4.18. The molecule has 3 heterocycles. The molecule has 1 aromatic carbocycles. The van der Waals surface area contributed by atoms with E-state index in [-0.39, 0.29) is 25.4 Å². The van der Waals surface area contributed by atoms with Crippen molar-refractivity contribution < 1.29 is 22.8 Å². The fraction of sp³-hybridized carbons (Fsp3) is 0.300. The van der Waals surface area contributed by atoms with Crippen LogP contribution in [0.3, 0.4) is 0 Å². The Morgan fingerprint density at radius 3 is 2.81 bits per heavy atom. The van der Waals surface area contributed by atoms with E-state index in [4.69, 9.17) is 0 Å². The number of halogens is 3. The van der Waals surface area contributed by atoms with Gasteiger partial charge >= 0.3 is 6.18 Å². The summed E-state index contributed by atoms with van der Waals surface area (Å²) < 4.78 is 39.8. The lowest BCUT2D eigenvalue weighted by Crippen LogP contribution is -2.39. The van der Waals surface area contributed by atoms with Crippen LogP contribution in [0, 0.1) is 12.8 Å². The van der Waals surface area contributed by atoms with Crippen molar-refractivity contribution >= 4 is 33.4 Å². The Bertz CT molecular complexity index is 1230. The Morgan fingerprint density at radius 1 is 1.29 bits per heavy atom. The van der Waals surface area contributed by atoms with Gasteiger partial charge < -0.3 is 4.90 Å². The molecule has 11 heteroatoms. The summed E-state index contributed by atoms with van der Waals surface area (Å²) in [4.78, 5) is 43.8. The zero-order valence-corrected chi connectivity index (χ0v) is 17.1. The molecule has 1 saturated heterocycles. The summed E-state index contributed by atoms with van der Waals surface area (Å²) in [6.45, 7) is 1.59. The second-order valence-corrected chi connectivity index (χ2v) is 8.18. The monoisotopic (exact) mass is 450 g/mol. The molecule has 162 valence electrons. The van der Waals surface area contributed by atoms with Crippen LogP contribution in [0.4, 0.5) is 13.2 Å². The molecule has 1 atom stereocenters. The van der Waals surface area contributed by atoms with Crippen LogP contribution in [-0.4, -0.2) is 32.9 Å². The molecule has 2 amide bonds. The molecule has 1 unspecified atom stereocenters. The van der Waals surface area contributed by atoms with Crippen molar-refractivity contribution in [1.82, 2.24) is 14.6 Å². The van der Waals surface area contributed by atoms with Crippen molar-refractivity contribution in [3.63, 3.8) is 0 Å². The number of thiophene rings is 1. The fourth-order valence-corrected chi connectivity index (χ4v) is 4.32. The number of carbonyl (C=O) groups is 2. The van der Waals surface area contributed by atoms with Crippen molar-refractivity contribution in [2.75, 3.05) is 12.0 Å². The minimum Gasteiger partial charge on any atom is -0.338 e. The number of carbonyl (C=O) groups excluding carboxylic acids is 2. The maximum Gasteiger partial charge on any atom is 0.416 e. The average molecular weight is 450 g/mol. The smallest absolute Gasteiger partial charge is 0.338 e. The summed E-state index contributed by atoms with van der Waals surface area (Å²) in [5.41, 5.74) is 1.63. The molecule has 1 fully saturated rings. The first kappa shape index (κ1) is 21.0. The van der Waals surface area contributed by atoms with Crippen molar-refractivity contribution in [2.45, 2.75) is 26.1 Å². The zero-order chi connectivity index (χ0) is 22.3. The van der Waals surface area contributed by atoms with Crippen LogP contribution in [0.25, 0.3) is 10.2 Å². The number of fused-ring (bicyclic) bond motifs is 1. The number of amides is 2. The minimum atomic E-state index is -4.48. The van der Waals surface area contributed by atoms with Crippen LogP contribution in [0.2, 0.25) is 0 Å². The molecule has 0 radical (unpaired) electrons. The molecule has 2 aromatic heterocycles. The Balaban J connectivity index is 1.47. The van der Waals surface area contributed by atoms with E-state index in [0.29, 0.717) is 21.6 Å². The van der Waals surface area contributed by atoms with Crippen molar-refractivity contribution in [1.29, 1.82) is 0 Å². The Morgan fingerprint density at radius 2 is 2.06 bits per heavy atom. The molecule has 3 aromatic rings. The zero-order valence-electron chi connectivity index (χ0n) is 16.3. The van der Waals surface area contributed by atoms with Gasteiger partial charge in [-0.1, -0.05) is 12.1 Å². The van der Waals surface area contributed by atoms with Gasteiger partial charge in [0.15, 0.2) is 0 Å². The predicted molar refractivity (Wildman–Crippen MR) is 108 cm³/mol. The number of hydrogen-bond donors (Lipinski definition) is 1. The van der Waals surface area contributed by atoms with Crippen LogP contribution >= 0.6 is 11.3 Å². The lowest BCUT2D eigenvalue weighted by Gasteiger charge is -2.18. The number of aryl methyl sites for hydroxylation is 1.